The van der Waals surface area contributed by atoms with E-state index in [-0.39, 0.29) is 12.2 Å². The Morgan fingerprint density at radius 2 is 2.47 bits per heavy atom. The van der Waals surface area contributed by atoms with Gasteiger partial charge in [0, 0.05) is 19.6 Å². The van der Waals surface area contributed by atoms with Crippen molar-refractivity contribution < 1.29 is 14.3 Å². The lowest BCUT2D eigenvalue weighted by molar-refractivity contribution is 0.0280. The summed E-state index contributed by atoms with van der Waals surface area (Å²) in [6.07, 6.45) is -0.303. The molecular weight excluding hydrogens is 196 g/mol. The molecule has 0 bridgehead atoms. The van der Waals surface area contributed by atoms with Crippen LogP contribution < -0.4 is 10.6 Å². The molecule has 1 aliphatic heterocycles. The van der Waals surface area contributed by atoms with Crippen LogP contribution in [0.1, 0.15) is 13.8 Å². The largest absolute Gasteiger partial charge is 0.449 e. The highest BCUT2D eigenvalue weighted by Crippen LogP contribution is 1.95. The number of hydrogen-bond donors (Lipinski definition) is 2. The summed E-state index contributed by atoms with van der Waals surface area (Å²) in [7, 11) is 0. The van der Waals surface area contributed by atoms with Crippen molar-refractivity contribution >= 4 is 6.09 Å². The van der Waals surface area contributed by atoms with E-state index in [1.807, 2.05) is 13.8 Å². The second-order valence-corrected chi connectivity index (χ2v) is 4.07. The first kappa shape index (κ1) is 12.3. The molecule has 0 aliphatic carbocycles. The van der Waals surface area contributed by atoms with E-state index in [9.17, 15) is 4.79 Å². The molecule has 0 radical (unpaired) electrons. The molecule has 88 valence electrons. The molecule has 1 amide bonds. The summed E-state index contributed by atoms with van der Waals surface area (Å²) in [6.45, 7) is 7.33. The number of nitrogens with one attached hydrogen (secondary N) is 2. The van der Waals surface area contributed by atoms with Crippen molar-refractivity contribution in [1.29, 1.82) is 0 Å². The summed E-state index contributed by atoms with van der Waals surface area (Å²) in [4.78, 5) is 11.2. The van der Waals surface area contributed by atoms with Crippen LogP contribution in [-0.2, 0) is 9.47 Å². The first-order valence-electron chi connectivity index (χ1n) is 5.41. The van der Waals surface area contributed by atoms with E-state index in [0.717, 1.165) is 13.1 Å². The number of carbonyl (C=O) groups is 1. The fourth-order valence-electron chi connectivity index (χ4n) is 1.24. The zero-order valence-electron chi connectivity index (χ0n) is 9.41. The summed E-state index contributed by atoms with van der Waals surface area (Å²) in [5.74, 6) is 0.364. The van der Waals surface area contributed by atoms with E-state index < -0.39 is 0 Å². The maximum absolute atomic E-state index is 11.2. The van der Waals surface area contributed by atoms with Crippen molar-refractivity contribution in [2.75, 3.05) is 32.8 Å². The zero-order chi connectivity index (χ0) is 11.1. The van der Waals surface area contributed by atoms with Gasteiger partial charge in [0.15, 0.2) is 0 Å². The van der Waals surface area contributed by atoms with E-state index in [2.05, 4.69) is 10.6 Å². The Labute approximate surface area is 90.5 Å². The fourth-order valence-corrected chi connectivity index (χ4v) is 1.24. The van der Waals surface area contributed by atoms with Crippen molar-refractivity contribution in [2.45, 2.75) is 20.0 Å². The average Bonchev–Trinajstić information content (AvgIpc) is 2.25. The van der Waals surface area contributed by atoms with Gasteiger partial charge in [0.25, 0.3) is 0 Å². The molecule has 1 unspecified atom stereocenters. The lowest BCUT2D eigenvalue weighted by atomic mass is 10.2. The molecule has 0 saturated carbocycles. The molecule has 0 aromatic carbocycles. The average molecular weight is 216 g/mol. The molecule has 1 atom stereocenters. The number of ether oxygens (including phenoxy) is 2. The van der Waals surface area contributed by atoms with Crippen molar-refractivity contribution in [3.63, 3.8) is 0 Å². The van der Waals surface area contributed by atoms with Crippen LogP contribution in [0.3, 0.4) is 0 Å². The Morgan fingerprint density at radius 3 is 3.07 bits per heavy atom. The number of hydrogen-bond acceptors (Lipinski definition) is 4. The molecule has 1 rings (SSSR count). The molecule has 0 aromatic heterocycles. The molecule has 2 N–H and O–H groups in total. The van der Waals surface area contributed by atoms with E-state index in [1.54, 1.807) is 0 Å². The highest BCUT2D eigenvalue weighted by molar-refractivity contribution is 5.67. The van der Waals surface area contributed by atoms with Gasteiger partial charge in [-0.1, -0.05) is 13.8 Å². The Bertz CT molecular complexity index is 191. The molecule has 0 aromatic rings. The first-order chi connectivity index (χ1) is 7.18. The standard InChI is InChI=1S/C10H20N2O3/c1-8(2)7-15-10(13)12-6-9-5-11-3-4-14-9/h8-9,11H,3-7H2,1-2H3,(H,12,13). The topological polar surface area (TPSA) is 59.6 Å². The van der Waals surface area contributed by atoms with Crippen LogP contribution in [0.2, 0.25) is 0 Å². The quantitative estimate of drug-likeness (QED) is 0.712. The number of morpholine rings is 1. The van der Waals surface area contributed by atoms with Crippen LogP contribution in [0, 0.1) is 5.92 Å². The molecule has 15 heavy (non-hydrogen) atoms. The Kier molecular flexibility index (Phi) is 5.42. The minimum absolute atomic E-state index is 0.0605. The Hall–Kier alpha value is -0.810. The van der Waals surface area contributed by atoms with Gasteiger partial charge < -0.3 is 20.1 Å². The third kappa shape index (κ3) is 5.59. The third-order valence-electron chi connectivity index (χ3n) is 2.03. The predicted molar refractivity (Wildman–Crippen MR) is 56.8 cm³/mol. The molecule has 5 nitrogen and oxygen atoms in total. The van der Waals surface area contributed by atoms with Gasteiger partial charge in [-0.2, -0.15) is 0 Å². The van der Waals surface area contributed by atoms with Crippen LogP contribution in [0.15, 0.2) is 0 Å². The summed E-state index contributed by atoms with van der Waals surface area (Å²) in [6, 6.07) is 0. The second-order valence-electron chi connectivity index (χ2n) is 4.07. The minimum Gasteiger partial charge on any atom is -0.449 e. The molecule has 5 heteroatoms. The number of rotatable bonds is 4. The van der Waals surface area contributed by atoms with Gasteiger partial charge in [-0.3, -0.25) is 0 Å². The van der Waals surface area contributed by atoms with Crippen molar-refractivity contribution in [1.82, 2.24) is 10.6 Å². The summed E-state index contributed by atoms with van der Waals surface area (Å²) in [5, 5.41) is 5.87. The molecular formula is C10H20N2O3. The van der Waals surface area contributed by atoms with Crippen molar-refractivity contribution in [3.05, 3.63) is 0 Å². The number of amides is 1. The maximum Gasteiger partial charge on any atom is 0.407 e. The summed E-state index contributed by atoms with van der Waals surface area (Å²) >= 11 is 0. The van der Waals surface area contributed by atoms with Gasteiger partial charge in [0.2, 0.25) is 0 Å². The Balaban J connectivity index is 2.05. The minimum atomic E-state index is -0.363. The summed E-state index contributed by atoms with van der Waals surface area (Å²) < 4.78 is 10.4. The lowest BCUT2D eigenvalue weighted by Gasteiger charge is -2.23. The molecule has 1 fully saturated rings. The molecule has 1 heterocycles. The monoisotopic (exact) mass is 216 g/mol. The first-order valence-corrected chi connectivity index (χ1v) is 5.41. The van der Waals surface area contributed by atoms with Crippen LogP contribution in [0.4, 0.5) is 4.79 Å². The van der Waals surface area contributed by atoms with Crippen molar-refractivity contribution in [2.24, 2.45) is 5.92 Å². The zero-order valence-corrected chi connectivity index (χ0v) is 9.41. The highest BCUT2D eigenvalue weighted by Gasteiger charge is 2.14. The van der Waals surface area contributed by atoms with E-state index in [1.165, 1.54) is 0 Å². The van der Waals surface area contributed by atoms with E-state index in [4.69, 9.17) is 9.47 Å². The smallest absolute Gasteiger partial charge is 0.407 e. The molecule has 1 saturated heterocycles. The van der Waals surface area contributed by atoms with Gasteiger partial charge >= 0.3 is 6.09 Å². The van der Waals surface area contributed by atoms with Gasteiger partial charge in [-0.15, -0.1) is 0 Å². The van der Waals surface area contributed by atoms with Gasteiger partial charge in [0.05, 0.1) is 19.3 Å². The van der Waals surface area contributed by atoms with Crippen LogP contribution >= 0.6 is 0 Å². The second kappa shape index (κ2) is 6.63. The van der Waals surface area contributed by atoms with E-state index in [0.29, 0.717) is 25.7 Å². The van der Waals surface area contributed by atoms with Crippen molar-refractivity contribution in [3.8, 4) is 0 Å². The van der Waals surface area contributed by atoms with Gasteiger partial charge in [0.1, 0.15) is 0 Å². The molecule has 0 spiro atoms. The normalized spacial score (nSPS) is 21.4. The fraction of sp³-hybridized carbons (Fsp3) is 0.900. The van der Waals surface area contributed by atoms with Gasteiger partial charge in [-0.25, -0.2) is 4.79 Å². The van der Waals surface area contributed by atoms with Crippen LogP contribution in [-0.4, -0.2) is 45.0 Å². The van der Waals surface area contributed by atoms with Gasteiger partial charge in [-0.05, 0) is 5.92 Å². The molecule has 1 aliphatic rings. The SMILES string of the molecule is CC(C)COC(=O)NCC1CNCCO1. The maximum atomic E-state index is 11.2. The predicted octanol–water partition coefficient (Wildman–Crippen LogP) is 0.357. The van der Waals surface area contributed by atoms with E-state index >= 15 is 0 Å². The lowest BCUT2D eigenvalue weighted by Crippen LogP contribution is -2.45. The highest BCUT2D eigenvalue weighted by atomic mass is 16.5. The number of alkyl carbamates (subject to hydrolysis) is 1. The van der Waals surface area contributed by atoms with Crippen LogP contribution in [0.5, 0.6) is 0 Å². The Morgan fingerprint density at radius 1 is 1.67 bits per heavy atom. The third-order valence-corrected chi connectivity index (χ3v) is 2.03. The van der Waals surface area contributed by atoms with Crippen LogP contribution in [0.25, 0.3) is 0 Å². The number of carbonyl (C=O) groups excluding carboxylic acids is 1. The summed E-state index contributed by atoms with van der Waals surface area (Å²) in [5.41, 5.74) is 0.